The zero-order valence-corrected chi connectivity index (χ0v) is 15.2. The third kappa shape index (κ3) is 3.17. The average Bonchev–Trinajstić information content (AvgIpc) is 3.10. The van der Waals surface area contributed by atoms with Crippen molar-refractivity contribution in [3.8, 4) is 11.3 Å². The van der Waals surface area contributed by atoms with E-state index in [0.29, 0.717) is 34.2 Å². The molecule has 0 aliphatic rings. The van der Waals surface area contributed by atoms with Gasteiger partial charge in [0.25, 0.3) is 5.91 Å². The van der Waals surface area contributed by atoms with E-state index in [1.165, 1.54) is 0 Å². The van der Waals surface area contributed by atoms with E-state index >= 15 is 0 Å². The van der Waals surface area contributed by atoms with Crippen molar-refractivity contribution in [2.24, 2.45) is 5.73 Å². The first-order chi connectivity index (χ1) is 13.5. The van der Waals surface area contributed by atoms with Crippen molar-refractivity contribution in [3.05, 3.63) is 72.4 Å². The topological polar surface area (TPSA) is 124 Å². The van der Waals surface area contributed by atoms with Crippen LogP contribution in [0.3, 0.4) is 0 Å². The molecule has 4 rings (SSSR count). The van der Waals surface area contributed by atoms with Gasteiger partial charge in [0.2, 0.25) is 0 Å². The highest BCUT2D eigenvalue weighted by Gasteiger charge is 2.18. The lowest BCUT2D eigenvalue weighted by atomic mass is 10.1. The predicted octanol–water partition coefficient (Wildman–Crippen LogP) is 2.65. The number of pyridine rings is 1. The lowest BCUT2D eigenvalue weighted by molar-refractivity contribution is 0.102. The van der Waals surface area contributed by atoms with E-state index in [0.717, 1.165) is 5.56 Å². The molecule has 0 aliphatic heterocycles. The fraction of sp³-hybridized carbons (Fsp3) is 0.100. The van der Waals surface area contributed by atoms with Gasteiger partial charge < -0.3 is 16.8 Å². The molecule has 1 aromatic carbocycles. The number of anilines is 2. The highest BCUT2D eigenvalue weighted by Crippen LogP contribution is 2.29. The number of imidazole rings is 1. The summed E-state index contributed by atoms with van der Waals surface area (Å²) in [5.41, 5.74) is 14.8. The number of aromatic nitrogens is 4. The molecule has 3 heterocycles. The van der Waals surface area contributed by atoms with Gasteiger partial charge in [-0.1, -0.05) is 18.2 Å². The summed E-state index contributed by atoms with van der Waals surface area (Å²) >= 11 is 0. The molecule has 4 aromatic rings. The fourth-order valence-electron chi connectivity index (χ4n) is 3.01. The Bertz CT molecular complexity index is 1130. The quantitative estimate of drug-likeness (QED) is 0.505. The number of nitrogen functional groups attached to an aromatic ring is 1. The number of carbonyl (C=O) groups excluding carboxylic acids is 1. The van der Waals surface area contributed by atoms with Crippen molar-refractivity contribution < 1.29 is 4.79 Å². The van der Waals surface area contributed by atoms with Crippen LogP contribution in [0, 0.1) is 0 Å². The van der Waals surface area contributed by atoms with Crippen LogP contribution >= 0.6 is 0 Å². The molecule has 0 saturated heterocycles. The van der Waals surface area contributed by atoms with Crippen LogP contribution in [0.2, 0.25) is 0 Å². The minimum atomic E-state index is -0.272. The highest BCUT2D eigenvalue weighted by atomic mass is 16.1. The number of nitrogens with one attached hydrogen (secondary N) is 1. The summed E-state index contributed by atoms with van der Waals surface area (Å²) in [5.74, 6) is 1.32. The maximum atomic E-state index is 12.4. The van der Waals surface area contributed by atoms with Crippen LogP contribution < -0.4 is 16.8 Å². The van der Waals surface area contributed by atoms with Crippen LogP contribution in [0.4, 0.5) is 11.6 Å². The number of hydrogen-bond acceptors (Lipinski definition) is 6. The van der Waals surface area contributed by atoms with Gasteiger partial charge in [-0.25, -0.2) is 15.0 Å². The van der Waals surface area contributed by atoms with Crippen molar-refractivity contribution in [3.63, 3.8) is 0 Å². The van der Waals surface area contributed by atoms with E-state index in [4.69, 9.17) is 11.5 Å². The van der Waals surface area contributed by atoms with Gasteiger partial charge in [0.05, 0.1) is 6.04 Å². The number of nitrogens with zero attached hydrogens (tertiary/aromatic N) is 4. The molecule has 1 unspecified atom stereocenters. The number of hydrogen-bond donors (Lipinski definition) is 3. The highest BCUT2D eigenvalue weighted by molar-refractivity contribution is 6.04. The third-order valence-electron chi connectivity index (χ3n) is 4.34. The summed E-state index contributed by atoms with van der Waals surface area (Å²) in [7, 11) is 0. The largest absolute Gasteiger partial charge is 0.382 e. The minimum Gasteiger partial charge on any atom is -0.382 e. The van der Waals surface area contributed by atoms with E-state index in [1.54, 1.807) is 42.9 Å². The van der Waals surface area contributed by atoms with Crippen LogP contribution in [-0.2, 0) is 0 Å². The van der Waals surface area contributed by atoms with Crippen molar-refractivity contribution >= 4 is 23.1 Å². The first kappa shape index (κ1) is 17.6. The second-order valence-electron chi connectivity index (χ2n) is 6.38. The molecule has 8 nitrogen and oxygen atoms in total. The Morgan fingerprint density at radius 2 is 1.89 bits per heavy atom. The van der Waals surface area contributed by atoms with Gasteiger partial charge in [0.15, 0.2) is 0 Å². The van der Waals surface area contributed by atoms with Crippen molar-refractivity contribution in [1.29, 1.82) is 0 Å². The summed E-state index contributed by atoms with van der Waals surface area (Å²) in [6, 6.07) is 12.2. The van der Waals surface area contributed by atoms with E-state index in [9.17, 15) is 4.79 Å². The maximum absolute atomic E-state index is 12.4. The number of amides is 1. The Morgan fingerprint density at radius 3 is 2.57 bits per heavy atom. The van der Waals surface area contributed by atoms with Crippen molar-refractivity contribution in [2.45, 2.75) is 13.0 Å². The Morgan fingerprint density at radius 1 is 1.11 bits per heavy atom. The predicted molar refractivity (Wildman–Crippen MR) is 108 cm³/mol. The summed E-state index contributed by atoms with van der Waals surface area (Å²) < 4.78 is 1.85. The summed E-state index contributed by atoms with van der Waals surface area (Å²) in [6.07, 6.45) is 5.03. The van der Waals surface area contributed by atoms with Gasteiger partial charge in [-0.05, 0) is 31.2 Å². The standard InChI is InChI=1S/C20H19N7O/c1-12(21)19-26-16(17-18(22)24-10-11-27(17)19)13-5-7-14(8-6-13)20(28)25-15-4-2-3-9-23-15/h2-12H,21H2,1H3,(H2,22,24)(H,23,25,28). The summed E-state index contributed by atoms with van der Waals surface area (Å²) in [4.78, 5) is 25.3. The lowest BCUT2D eigenvalue weighted by Crippen LogP contribution is -2.12. The number of benzene rings is 1. The molecule has 0 radical (unpaired) electrons. The smallest absolute Gasteiger partial charge is 0.256 e. The van der Waals surface area contributed by atoms with Crippen LogP contribution in [0.5, 0.6) is 0 Å². The Hall–Kier alpha value is -3.78. The van der Waals surface area contributed by atoms with Gasteiger partial charge in [-0.3, -0.25) is 9.20 Å². The van der Waals surface area contributed by atoms with E-state index in [1.807, 2.05) is 29.5 Å². The Labute approximate surface area is 161 Å². The van der Waals surface area contributed by atoms with Crippen molar-refractivity contribution in [2.75, 3.05) is 11.1 Å². The normalized spacial score (nSPS) is 12.1. The molecule has 8 heteroatoms. The molecular formula is C20H19N7O. The molecule has 0 spiro atoms. The van der Waals surface area contributed by atoms with Gasteiger partial charge in [0.1, 0.15) is 28.7 Å². The van der Waals surface area contributed by atoms with Crippen molar-refractivity contribution in [1.82, 2.24) is 19.4 Å². The monoisotopic (exact) mass is 373 g/mol. The van der Waals surface area contributed by atoms with E-state index < -0.39 is 0 Å². The third-order valence-corrected chi connectivity index (χ3v) is 4.34. The molecule has 0 aliphatic carbocycles. The molecule has 5 N–H and O–H groups in total. The molecule has 3 aromatic heterocycles. The number of fused-ring (bicyclic) bond motifs is 1. The lowest BCUT2D eigenvalue weighted by Gasteiger charge is -2.05. The number of carbonyl (C=O) groups is 1. The van der Waals surface area contributed by atoms with E-state index in [2.05, 4.69) is 20.3 Å². The zero-order chi connectivity index (χ0) is 19.7. The first-order valence-corrected chi connectivity index (χ1v) is 8.75. The van der Waals surface area contributed by atoms with Crippen LogP contribution in [-0.4, -0.2) is 25.3 Å². The average molecular weight is 373 g/mol. The summed E-state index contributed by atoms with van der Waals surface area (Å²) in [5, 5.41) is 2.76. The molecule has 1 amide bonds. The first-order valence-electron chi connectivity index (χ1n) is 8.75. The minimum absolute atomic E-state index is 0.239. The van der Waals surface area contributed by atoms with Gasteiger partial charge in [-0.2, -0.15) is 0 Å². The molecular weight excluding hydrogens is 354 g/mol. The van der Waals surface area contributed by atoms with Crippen LogP contribution in [0.1, 0.15) is 29.1 Å². The molecule has 0 bridgehead atoms. The molecule has 0 saturated carbocycles. The fourth-order valence-corrected chi connectivity index (χ4v) is 3.01. The van der Waals surface area contributed by atoms with Gasteiger partial charge >= 0.3 is 0 Å². The van der Waals surface area contributed by atoms with Crippen LogP contribution in [0.15, 0.2) is 61.1 Å². The molecule has 1 atom stereocenters. The molecule has 28 heavy (non-hydrogen) atoms. The van der Waals surface area contributed by atoms with E-state index in [-0.39, 0.29) is 11.9 Å². The Balaban J connectivity index is 1.69. The molecule has 0 fully saturated rings. The summed E-state index contributed by atoms with van der Waals surface area (Å²) in [6.45, 7) is 1.86. The maximum Gasteiger partial charge on any atom is 0.256 e. The van der Waals surface area contributed by atoms with Gasteiger partial charge in [-0.15, -0.1) is 0 Å². The SMILES string of the molecule is CC(N)c1nc(-c2ccc(C(=O)Nc3ccccn3)cc2)c2c(N)nccn12. The van der Waals surface area contributed by atoms with Crippen LogP contribution in [0.25, 0.3) is 16.8 Å². The molecule has 140 valence electrons. The van der Waals surface area contributed by atoms with Gasteiger partial charge in [0, 0.05) is 29.7 Å². The zero-order valence-electron chi connectivity index (χ0n) is 15.2. The Kier molecular flexibility index (Phi) is 4.46. The number of rotatable bonds is 4. The second kappa shape index (κ2) is 7.09. The second-order valence-corrected chi connectivity index (χ2v) is 6.38. The number of nitrogens with two attached hydrogens (primary N) is 2.